The van der Waals surface area contributed by atoms with Gasteiger partial charge in [0.25, 0.3) is 0 Å². The van der Waals surface area contributed by atoms with Crippen LogP contribution in [0.3, 0.4) is 0 Å². The Morgan fingerprint density at radius 3 is 2.27 bits per heavy atom. The van der Waals surface area contributed by atoms with Gasteiger partial charge in [0.15, 0.2) is 0 Å². The second kappa shape index (κ2) is 10.6. The molecular weight excluding hydrogens is 396 g/mol. The number of nitrogens with one attached hydrogen (secondary N) is 2. The minimum Gasteiger partial charge on any atom is -0.445 e. The van der Waals surface area contributed by atoms with Crippen molar-refractivity contribution in [2.45, 2.75) is 32.4 Å². The van der Waals surface area contributed by atoms with Crippen LogP contribution in [0.15, 0.2) is 72.1 Å². The molecule has 30 heavy (non-hydrogen) atoms. The molecule has 0 aliphatic heterocycles. The SMILES string of the molecule is CC(C)c1ccc(C(NC(=O)CNC(=O)OCc2ccccc2)c2cccs2)cc1. The molecule has 0 spiro atoms. The zero-order valence-electron chi connectivity index (χ0n) is 17.1. The van der Waals surface area contributed by atoms with Gasteiger partial charge in [-0.2, -0.15) is 0 Å². The van der Waals surface area contributed by atoms with Crippen LogP contribution in [-0.4, -0.2) is 18.5 Å². The number of alkyl carbamates (subject to hydrolysis) is 1. The Kier molecular flexibility index (Phi) is 7.63. The summed E-state index contributed by atoms with van der Waals surface area (Å²) in [4.78, 5) is 25.4. The van der Waals surface area contributed by atoms with Gasteiger partial charge < -0.3 is 15.4 Å². The summed E-state index contributed by atoms with van der Waals surface area (Å²) >= 11 is 1.58. The maximum absolute atomic E-state index is 12.5. The maximum atomic E-state index is 12.5. The molecule has 2 N–H and O–H groups in total. The van der Waals surface area contributed by atoms with E-state index in [1.807, 2.05) is 60.0 Å². The number of carbonyl (C=O) groups excluding carboxylic acids is 2. The van der Waals surface area contributed by atoms with E-state index in [-0.39, 0.29) is 25.1 Å². The van der Waals surface area contributed by atoms with E-state index >= 15 is 0 Å². The number of carbonyl (C=O) groups is 2. The first-order valence-electron chi connectivity index (χ1n) is 9.90. The second-order valence-corrected chi connectivity index (χ2v) is 8.23. The van der Waals surface area contributed by atoms with E-state index in [0.29, 0.717) is 5.92 Å². The molecule has 1 aromatic heterocycles. The Morgan fingerprint density at radius 2 is 1.63 bits per heavy atom. The van der Waals surface area contributed by atoms with Crippen LogP contribution in [0.2, 0.25) is 0 Å². The molecule has 1 atom stereocenters. The molecule has 0 aliphatic rings. The number of rotatable bonds is 8. The fraction of sp³-hybridized carbons (Fsp3) is 0.250. The van der Waals surface area contributed by atoms with Crippen LogP contribution in [0, 0.1) is 0 Å². The molecule has 3 rings (SSSR count). The number of benzene rings is 2. The maximum Gasteiger partial charge on any atom is 0.407 e. The summed E-state index contributed by atoms with van der Waals surface area (Å²) in [5, 5.41) is 7.51. The lowest BCUT2D eigenvalue weighted by Crippen LogP contribution is -2.39. The number of amides is 2. The Hall–Kier alpha value is -3.12. The standard InChI is InChI=1S/C24H26N2O3S/c1-17(2)19-10-12-20(13-11-19)23(21-9-6-14-30-21)26-22(27)15-25-24(28)29-16-18-7-4-3-5-8-18/h3-14,17,23H,15-16H2,1-2H3,(H,25,28)(H,26,27). The van der Waals surface area contributed by atoms with Crippen molar-refractivity contribution in [3.63, 3.8) is 0 Å². The van der Waals surface area contributed by atoms with Crippen LogP contribution in [0.25, 0.3) is 0 Å². The van der Waals surface area contributed by atoms with E-state index in [1.54, 1.807) is 11.3 Å². The number of hydrogen-bond acceptors (Lipinski definition) is 4. The lowest BCUT2D eigenvalue weighted by molar-refractivity contribution is -0.120. The summed E-state index contributed by atoms with van der Waals surface area (Å²) in [6, 6.07) is 21.3. The highest BCUT2D eigenvalue weighted by atomic mass is 32.1. The summed E-state index contributed by atoms with van der Waals surface area (Å²) in [5.41, 5.74) is 3.14. The molecule has 5 nitrogen and oxygen atoms in total. The zero-order valence-corrected chi connectivity index (χ0v) is 17.9. The largest absolute Gasteiger partial charge is 0.445 e. The molecule has 156 valence electrons. The van der Waals surface area contributed by atoms with Crippen molar-refractivity contribution >= 4 is 23.3 Å². The summed E-state index contributed by atoms with van der Waals surface area (Å²) in [6.07, 6.45) is -0.622. The van der Waals surface area contributed by atoms with Gasteiger partial charge in [0.05, 0.1) is 6.04 Å². The minimum atomic E-state index is -0.622. The molecule has 0 radical (unpaired) electrons. The summed E-state index contributed by atoms with van der Waals surface area (Å²) in [7, 11) is 0. The molecule has 2 aromatic carbocycles. The monoisotopic (exact) mass is 422 g/mol. The third kappa shape index (κ3) is 6.19. The van der Waals surface area contributed by atoms with Crippen LogP contribution in [-0.2, 0) is 16.1 Å². The second-order valence-electron chi connectivity index (χ2n) is 7.25. The van der Waals surface area contributed by atoms with Crippen LogP contribution in [0.4, 0.5) is 4.79 Å². The van der Waals surface area contributed by atoms with E-state index in [4.69, 9.17) is 4.74 Å². The lowest BCUT2D eigenvalue weighted by atomic mass is 9.98. The molecule has 0 bridgehead atoms. The first-order chi connectivity index (χ1) is 14.5. The van der Waals surface area contributed by atoms with Crippen molar-refractivity contribution in [3.8, 4) is 0 Å². The highest BCUT2D eigenvalue weighted by molar-refractivity contribution is 7.10. The number of ether oxygens (including phenoxy) is 1. The predicted molar refractivity (Wildman–Crippen MR) is 119 cm³/mol. The van der Waals surface area contributed by atoms with Gasteiger partial charge in [-0.15, -0.1) is 11.3 Å². The van der Waals surface area contributed by atoms with Gasteiger partial charge >= 0.3 is 6.09 Å². The quantitative estimate of drug-likeness (QED) is 0.537. The topological polar surface area (TPSA) is 67.4 Å². The molecule has 3 aromatic rings. The molecular formula is C24H26N2O3S. The van der Waals surface area contributed by atoms with Gasteiger partial charge in [-0.1, -0.05) is 74.5 Å². The third-order valence-electron chi connectivity index (χ3n) is 4.68. The van der Waals surface area contributed by atoms with E-state index in [9.17, 15) is 9.59 Å². The first-order valence-corrected chi connectivity index (χ1v) is 10.8. The Balaban J connectivity index is 1.56. The normalized spacial score (nSPS) is 11.7. The molecule has 0 saturated carbocycles. The van der Waals surface area contributed by atoms with Crippen LogP contribution < -0.4 is 10.6 Å². The van der Waals surface area contributed by atoms with Gasteiger partial charge in [0.2, 0.25) is 5.91 Å². The van der Waals surface area contributed by atoms with Crippen molar-refractivity contribution < 1.29 is 14.3 Å². The summed E-state index contributed by atoms with van der Waals surface area (Å²) in [5.74, 6) is 0.165. The van der Waals surface area contributed by atoms with Gasteiger partial charge in [-0.3, -0.25) is 4.79 Å². The van der Waals surface area contributed by atoms with Gasteiger partial charge in [0.1, 0.15) is 13.2 Å². The van der Waals surface area contributed by atoms with E-state index < -0.39 is 6.09 Å². The first kappa shape index (κ1) is 21.6. The lowest BCUT2D eigenvalue weighted by Gasteiger charge is -2.19. The summed E-state index contributed by atoms with van der Waals surface area (Å²) in [6.45, 7) is 4.31. The third-order valence-corrected chi connectivity index (χ3v) is 5.61. The van der Waals surface area contributed by atoms with E-state index in [0.717, 1.165) is 16.0 Å². The molecule has 0 saturated heterocycles. The molecule has 1 unspecified atom stereocenters. The van der Waals surface area contributed by atoms with Crippen LogP contribution >= 0.6 is 11.3 Å². The average molecular weight is 423 g/mol. The van der Waals surface area contributed by atoms with Gasteiger partial charge in [-0.05, 0) is 34.1 Å². The highest BCUT2D eigenvalue weighted by Crippen LogP contribution is 2.27. The highest BCUT2D eigenvalue weighted by Gasteiger charge is 2.18. The fourth-order valence-electron chi connectivity index (χ4n) is 2.99. The Morgan fingerprint density at radius 1 is 0.933 bits per heavy atom. The molecule has 1 heterocycles. The predicted octanol–water partition coefficient (Wildman–Crippen LogP) is 5.00. The van der Waals surface area contributed by atoms with Crippen molar-refractivity contribution in [1.82, 2.24) is 10.6 Å². The van der Waals surface area contributed by atoms with Crippen molar-refractivity contribution in [1.29, 1.82) is 0 Å². The van der Waals surface area contributed by atoms with Crippen LogP contribution in [0.1, 0.15) is 47.4 Å². The van der Waals surface area contributed by atoms with Crippen molar-refractivity contribution in [2.24, 2.45) is 0 Å². The van der Waals surface area contributed by atoms with Crippen molar-refractivity contribution in [3.05, 3.63) is 93.7 Å². The molecule has 2 amide bonds. The number of hydrogen-bond donors (Lipinski definition) is 2. The van der Waals surface area contributed by atoms with E-state index in [1.165, 1.54) is 5.56 Å². The molecule has 0 fully saturated rings. The van der Waals surface area contributed by atoms with Crippen molar-refractivity contribution in [2.75, 3.05) is 6.54 Å². The van der Waals surface area contributed by atoms with Gasteiger partial charge in [-0.25, -0.2) is 4.79 Å². The smallest absolute Gasteiger partial charge is 0.407 e. The van der Waals surface area contributed by atoms with E-state index in [2.05, 4.69) is 36.6 Å². The summed E-state index contributed by atoms with van der Waals surface area (Å²) < 4.78 is 5.15. The number of thiophene rings is 1. The Bertz CT molecular complexity index is 938. The molecule has 6 heteroatoms. The van der Waals surface area contributed by atoms with Gasteiger partial charge in [0, 0.05) is 4.88 Å². The average Bonchev–Trinajstić information content (AvgIpc) is 3.30. The van der Waals surface area contributed by atoms with Crippen LogP contribution in [0.5, 0.6) is 0 Å². The Labute approximate surface area is 181 Å². The zero-order chi connectivity index (χ0) is 21.3. The molecule has 0 aliphatic carbocycles. The fourth-order valence-corrected chi connectivity index (χ4v) is 3.79. The minimum absolute atomic E-state index is 0.153.